The van der Waals surface area contributed by atoms with E-state index in [9.17, 15) is 10.2 Å². The van der Waals surface area contributed by atoms with Crippen LogP contribution < -0.4 is 4.74 Å². The molecule has 4 aliphatic heterocycles. The molecule has 0 radical (unpaired) electrons. The molecule has 4 aliphatic carbocycles. The lowest BCUT2D eigenvalue weighted by atomic mass is 9.51. The van der Waals surface area contributed by atoms with Gasteiger partial charge in [-0.25, -0.2) is 0 Å². The average molecular weight is 410 g/mol. The van der Waals surface area contributed by atoms with Crippen molar-refractivity contribution in [2.24, 2.45) is 17.8 Å². The Labute approximate surface area is 175 Å². The van der Waals surface area contributed by atoms with Crippen LogP contribution in [-0.2, 0) is 21.3 Å². The first-order valence-corrected chi connectivity index (χ1v) is 11.9. The van der Waals surface area contributed by atoms with Gasteiger partial charge in [-0.3, -0.25) is 0 Å². The fourth-order valence-electron chi connectivity index (χ4n) is 10.2. The molecular formula is C24H28NO5+. The van der Waals surface area contributed by atoms with Gasteiger partial charge in [0.05, 0.1) is 31.7 Å². The minimum absolute atomic E-state index is 0.0433. The van der Waals surface area contributed by atoms with E-state index in [0.29, 0.717) is 43.6 Å². The highest BCUT2D eigenvalue weighted by Gasteiger charge is 3.01. The second-order valence-electron chi connectivity index (χ2n) is 11.6. The number of ether oxygens (including phenoxy) is 3. The van der Waals surface area contributed by atoms with Gasteiger partial charge in [0.2, 0.25) is 5.79 Å². The topological polar surface area (TPSA) is 68.2 Å². The number of hydrogen-bond acceptors (Lipinski definition) is 5. The molecule has 0 aromatic heterocycles. The van der Waals surface area contributed by atoms with Gasteiger partial charge in [0.15, 0.2) is 23.1 Å². The average Bonchev–Trinajstić information content (AvgIpc) is 3.49. The number of piperidine rings is 2. The van der Waals surface area contributed by atoms with Crippen LogP contribution >= 0.6 is 0 Å². The quantitative estimate of drug-likeness (QED) is 0.571. The maximum atomic E-state index is 12.9. The van der Waals surface area contributed by atoms with Crippen molar-refractivity contribution in [1.29, 1.82) is 0 Å². The molecule has 1 aromatic rings. The molecule has 6 unspecified atom stereocenters. The summed E-state index contributed by atoms with van der Waals surface area (Å²) >= 11 is 0. The van der Waals surface area contributed by atoms with E-state index in [2.05, 4.69) is 6.07 Å². The van der Waals surface area contributed by atoms with Crippen molar-refractivity contribution in [3.8, 4) is 11.5 Å². The zero-order valence-corrected chi connectivity index (χ0v) is 17.1. The second-order valence-corrected chi connectivity index (χ2v) is 11.6. The van der Waals surface area contributed by atoms with Gasteiger partial charge in [0.25, 0.3) is 0 Å². The van der Waals surface area contributed by atoms with Gasteiger partial charge in [-0.15, -0.1) is 0 Å². The summed E-state index contributed by atoms with van der Waals surface area (Å²) in [7, 11) is 0. The van der Waals surface area contributed by atoms with Crippen molar-refractivity contribution in [1.82, 2.24) is 0 Å². The van der Waals surface area contributed by atoms with Crippen LogP contribution in [0.1, 0.15) is 36.8 Å². The molecule has 3 saturated carbocycles. The largest absolute Gasteiger partial charge is 0.504 e. The molecular weight excluding hydrogens is 382 g/mol. The van der Waals surface area contributed by atoms with Gasteiger partial charge in [-0.2, -0.15) is 0 Å². The van der Waals surface area contributed by atoms with Crippen molar-refractivity contribution in [3.05, 3.63) is 23.3 Å². The number of nitrogens with zero attached hydrogens (tertiary/aromatic N) is 1. The molecule has 4 bridgehead atoms. The molecule has 3 spiro atoms. The van der Waals surface area contributed by atoms with Crippen LogP contribution in [0, 0.1) is 17.8 Å². The molecule has 0 amide bonds. The Morgan fingerprint density at radius 2 is 1.93 bits per heavy atom. The Hall–Kier alpha value is -1.34. The van der Waals surface area contributed by atoms with Crippen LogP contribution in [0.3, 0.4) is 0 Å². The third kappa shape index (κ3) is 1.27. The van der Waals surface area contributed by atoms with Crippen molar-refractivity contribution in [2.75, 3.05) is 32.8 Å². The number of rotatable bonds is 2. The van der Waals surface area contributed by atoms with Gasteiger partial charge in [0, 0.05) is 29.7 Å². The van der Waals surface area contributed by atoms with Crippen molar-refractivity contribution < 1.29 is 28.9 Å². The van der Waals surface area contributed by atoms with Gasteiger partial charge < -0.3 is 28.9 Å². The number of quaternary nitrogens is 1. The minimum atomic E-state index is -0.808. The van der Waals surface area contributed by atoms with Crippen LogP contribution in [0.4, 0.5) is 0 Å². The molecule has 1 aromatic carbocycles. The predicted octanol–water partition coefficient (Wildman–Crippen LogP) is 1.45. The Morgan fingerprint density at radius 3 is 2.73 bits per heavy atom. The van der Waals surface area contributed by atoms with E-state index in [1.54, 1.807) is 6.07 Å². The lowest BCUT2D eigenvalue weighted by Crippen LogP contribution is -2.75. The molecule has 8 aliphatic rings. The molecule has 7 atom stereocenters. The molecule has 158 valence electrons. The zero-order valence-electron chi connectivity index (χ0n) is 17.1. The number of aromatic hydroxyl groups is 1. The zero-order chi connectivity index (χ0) is 19.7. The number of phenols is 1. The predicted molar refractivity (Wildman–Crippen MR) is 104 cm³/mol. The van der Waals surface area contributed by atoms with Gasteiger partial charge in [-0.05, 0) is 37.3 Å². The van der Waals surface area contributed by atoms with Crippen LogP contribution in [-0.4, -0.2) is 70.6 Å². The maximum Gasteiger partial charge on any atom is 0.207 e. The van der Waals surface area contributed by atoms with Crippen molar-refractivity contribution >= 4 is 0 Å². The highest BCUT2D eigenvalue weighted by Crippen LogP contribution is 2.84. The molecule has 6 fully saturated rings. The van der Waals surface area contributed by atoms with Crippen LogP contribution in [0.15, 0.2) is 12.1 Å². The third-order valence-corrected chi connectivity index (χ3v) is 11.0. The summed E-state index contributed by atoms with van der Waals surface area (Å²) in [5.74, 6) is 1.73. The minimum Gasteiger partial charge on any atom is -0.504 e. The van der Waals surface area contributed by atoms with E-state index in [0.717, 1.165) is 35.5 Å². The van der Waals surface area contributed by atoms with E-state index in [1.165, 1.54) is 24.9 Å². The monoisotopic (exact) mass is 410 g/mol. The molecule has 30 heavy (non-hydrogen) atoms. The van der Waals surface area contributed by atoms with Gasteiger partial charge in [0.1, 0.15) is 12.1 Å². The third-order valence-electron chi connectivity index (χ3n) is 11.0. The Bertz CT molecular complexity index is 1050. The summed E-state index contributed by atoms with van der Waals surface area (Å²) in [4.78, 5) is 0. The molecule has 4 heterocycles. The number of fused-ring (bicyclic) bond motifs is 1. The number of phenolic OH excluding ortho intramolecular Hbond substituents is 1. The molecule has 2 N–H and O–H groups in total. The number of aliphatic hydroxyl groups is 1. The Balaban J connectivity index is 1.34. The van der Waals surface area contributed by atoms with Crippen LogP contribution in [0.5, 0.6) is 11.5 Å². The molecule has 9 rings (SSSR count). The summed E-state index contributed by atoms with van der Waals surface area (Å²) in [5.41, 5.74) is 1.01. The molecule has 6 heteroatoms. The summed E-state index contributed by atoms with van der Waals surface area (Å²) in [6.45, 7) is 4.67. The molecule has 3 saturated heterocycles. The van der Waals surface area contributed by atoms with E-state index in [-0.39, 0.29) is 17.4 Å². The SMILES string of the molecule is Oc1ccc2c3c1OC1C4(CCC5(O)C67C[N+]6(CC6CC6)CC(C7C2)[C@]315)OCCO4. The first kappa shape index (κ1) is 16.3. The maximum absolute atomic E-state index is 12.9. The number of benzene rings is 1. The standard InChI is InChI=1S/C24H27NO5/c26-17-4-3-14-9-15-16-11-25(10-13-1-2-13)12-21(15,25)23(27)6-5-22(28-7-8-29-22)20-24(16,23)18(14)19(17)30-20/h3-4,13,15-16,20,27H,1-2,5-12H2/p+1/t15?,16?,20?,21?,23?,24-,25?/m0/s1. The summed E-state index contributed by atoms with van der Waals surface area (Å²) in [5, 5.41) is 23.6. The summed E-state index contributed by atoms with van der Waals surface area (Å²) < 4.78 is 20.3. The van der Waals surface area contributed by atoms with Gasteiger partial charge in [-0.1, -0.05) is 6.07 Å². The van der Waals surface area contributed by atoms with E-state index < -0.39 is 16.8 Å². The molecule has 6 nitrogen and oxygen atoms in total. The summed E-state index contributed by atoms with van der Waals surface area (Å²) in [6, 6.07) is 3.87. The lowest BCUT2D eigenvalue weighted by molar-refractivity contribution is -0.836. The van der Waals surface area contributed by atoms with E-state index in [1.807, 2.05) is 0 Å². The first-order valence-electron chi connectivity index (χ1n) is 11.9. The first-order chi connectivity index (χ1) is 14.5. The Morgan fingerprint density at radius 1 is 1.10 bits per heavy atom. The lowest BCUT2D eigenvalue weighted by Gasteiger charge is -2.57. The van der Waals surface area contributed by atoms with E-state index >= 15 is 0 Å². The highest BCUT2D eigenvalue weighted by atomic mass is 16.8. The second kappa shape index (κ2) is 4.29. The van der Waals surface area contributed by atoms with E-state index in [4.69, 9.17) is 14.2 Å². The highest BCUT2D eigenvalue weighted by molar-refractivity contribution is 5.66. The van der Waals surface area contributed by atoms with Crippen molar-refractivity contribution in [2.45, 2.75) is 60.6 Å². The van der Waals surface area contributed by atoms with Gasteiger partial charge >= 0.3 is 0 Å². The Kier molecular flexibility index (Phi) is 2.34. The summed E-state index contributed by atoms with van der Waals surface area (Å²) in [6.07, 6.45) is 4.74. The van der Waals surface area contributed by atoms with Crippen LogP contribution in [0.25, 0.3) is 0 Å². The smallest absolute Gasteiger partial charge is 0.207 e. The number of hydrogen-bond donors (Lipinski definition) is 2. The fourth-order valence-corrected chi connectivity index (χ4v) is 10.2. The normalized spacial score (nSPS) is 54.2. The fraction of sp³-hybridized carbons (Fsp3) is 0.750. The van der Waals surface area contributed by atoms with Crippen molar-refractivity contribution in [3.63, 3.8) is 0 Å². The van der Waals surface area contributed by atoms with Crippen LogP contribution in [0.2, 0.25) is 0 Å².